The smallest absolute Gasteiger partial charge is 0.246 e. The van der Waals surface area contributed by atoms with Crippen molar-refractivity contribution < 1.29 is 14.7 Å². The molecule has 0 saturated carbocycles. The predicted octanol–water partition coefficient (Wildman–Crippen LogP) is 1.88. The number of carbonyl (C=O) groups is 1. The van der Waals surface area contributed by atoms with Crippen LogP contribution in [-0.4, -0.2) is 29.2 Å². The van der Waals surface area contributed by atoms with Crippen LogP contribution in [0.1, 0.15) is 24.8 Å². The molecule has 4 heteroatoms. The zero-order valence-electron chi connectivity index (χ0n) is 9.76. The molecule has 0 radical (unpaired) electrons. The Hall–Kier alpha value is -1.55. The summed E-state index contributed by atoms with van der Waals surface area (Å²) in [6, 6.07) is 7.10. The van der Waals surface area contributed by atoms with E-state index >= 15 is 0 Å². The molecule has 4 nitrogen and oxygen atoms in total. The van der Waals surface area contributed by atoms with Gasteiger partial charge >= 0.3 is 0 Å². The van der Waals surface area contributed by atoms with Crippen LogP contribution in [0.5, 0.6) is 5.75 Å². The molecule has 1 fully saturated rings. The maximum absolute atomic E-state index is 11.8. The third-order valence-electron chi connectivity index (χ3n) is 2.88. The molecule has 0 unspecified atom stereocenters. The molecule has 1 aromatic carbocycles. The standard InChI is InChI=1S/C13H17NO3/c15-12-6-2-1-5-11(12)7-8-13(16)14-9-3-4-10-17-14/h1-2,5-6,15H,3-4,7-10H2. The summed E-state index contributed by atoms with van der Waals surface area (Å²) >= 11 is 0. The van der Waals surface area contributed by atoms with E-state index in [9.17, 15) is 9.90 Å². The van der Waals surface area contributed by atoms with Crippen LogP contribution >= 0.6 is 0 Å². The zero-order valence-corrected chi connectivity index (χ0v) is 9.76. The largest absolute Gasteiger partial charge is 0.508 e. The molecule has 0 atom stereocenters. The lowest BCUT2D eigenvalue weighted by Gasteiger charge is -2.25. The molecule has 92 valence electrons. The van der Waals surface area contributed by atoms with E-state index in [0.29, 0.717) is 26.0 Å². The Morgan fingerprint density at radius 2 is 2.18 bits per heavy atom. The lowest BCUT2D eigenvalue weighted by Crippen LogP contribution is -2.35. The van der Waals surface area contributed by atoms with Gasteiger partial charge in [-0.15, -0.1) is 0 Å². The minimum absolute atomic E-state index is 0.00652. The highest BCUT2D eigenvalue weighted by Gasteiger charge is 2.17. The number of para-hydroxylation sites is 1. The van der Waals surface area contributed by atoms with E-state index in [1.807, 2.05) is 12.1 Å². The van der Waals surface area contributed by atoms with E-state index in [-0.39, 0.29) is 11.7 Å². The van der Waals surface area contributed by atoms with E-state index < -0.39 is 0 Å². The van der Waals surface area contributed by atoms with Gasteiger partial charge in [-0.05, 0) is 30.9 Å². The fourth-order valence-corrected chi connectivity index (χ4v) is 1.88. The van der Waals surface area contributed by atoms with Crippen LogP contribution in [0.25, 0.3) is 0 Å². The van der Waals surface area contributed by atoms with Crippen LogP contribution in [0.15, 0.2) is 24.3 Å². The van der Waals surface area contributed by atoms with E-state index in [1.165, 1.54) is 5.06 Å². The number of hydrogen-bond acceptors (Lipinski definition) is 3. The second-order valence-corrected chi connectivity index (χ2v) is 4.16. The quantitative estimate of drug-likeness (QED) is 0.870. The van der Waals surface area contributed by atoms with Crippen LogP contribution in [0.4, 0.5) is 0 Å². The van der Waals surface area contributed by atoms with Crippen molar-refractivity contribution in [2.45, 2.75) is 25.7 Å². The lowest BCUT2D eigenvalue weighted by molar-refractivity contribution is -0.197. The van der Waals surface area contributed by atoms with Crippen molar-refractivity contribution in [3.8, 4) is 5.75 Å². The second-order valence-electron chi connectivity index (χ2n) is 4.16. The summed E-state index contributed by atoms with van der Waals surface area (Å²) in [6.45, 7) is 1.31. The molecule has 17 heavy (non-hydrogen) atoms. The molecule has 1 aliphatic rings. The third kappa shape index (κ3) is 3.20. The Kier molecular flexibility index (Phi) is 3.98. The zero-order chi connectivity index (χ0) is 12.1. The van der Waals surface area contributed by atoms with Gasteiger partial charge in [0.1, 0.15) is 5.75 Å². The number of benzene rings is 1. The number of nitrogens with zero attached hydrogens (tertiary/aromatic N) is 1. The van der Waals surface area contributed by atoms with Gasteiger partial charge in [0.05, 0.1) is 6.61 Å². The van der Waals surface area contributed by atoms with Crippen molar-refractivity contribution in [3.05, 3.63) is 29.8 Å². The van der Waals surface area contributed by atoms with Gasteiger partial charge in [0, 0.05) is 13.0 Å². The predicted molar refractivity (Wildman–Crippen MR) is 63.3 cm³/mol. The average Bonchev–Trinajstić information content (AvgIpc) is 2.38. The molecule has 1 heterocycles. The van der Waals surface area contributed by atoms with Gasteiger partial charge in [-0.25, -0.2) is 5.06 Å². The summed E-state index contributed by atoms with van der Waals surface area (Å²) < 4.78 is 0. The minimum atomic E-state index is -0.00652. The molecule has 1 aliphatic heterocycles. The van der Waals surface area contributed by atoms with Crippen molar-refractivity contribution in [1.82, 2.24) is 5.06 Å². The Labute approximate surface area is 101 Å². The van der Waals surface area contributed by atoms with Crippen LogP contribution in [0.2, 0.25) is 0 Å². The summed E-state index contributed by atoms with van der Waals surface area (Å²) in [6.07, 6.45) is 2.94. The topological polar surface area (TPSA) is 49.8 Å². The molecule has 1 N–H and O–H groups in total. The normalized spacial score (nSPS) is 15.9. The van der Waals surface area contributed by atoms with Crippen molar-refractivity contribution in [1.29, 1.82) is 0 Å². The first-order chi connectivity index (χ1) is 8.27. The maximum Gasteiger partial charge on any atom is 0.246 e. The van der Waals surface area contributed by atoms with Crippen molar-refractivity contribution >= 4 is 5.91 Å². The van der Waals surface area contributed by atoms with E-state index in [1.54, 1.807) is 12.1 Å². The number of aryl methyl sites for hydroxylation is 1. The molecular weight excluding hydrogens is 218 g/mol. The average molecular weight is 235 g/mol. The number of rotatable bonds is 3. The molecule has 0 spiro atoms. The first-order valence-corrected chi connectivity index (χ1v) is 5.97. The lowest BCUT2D eigenvalue weighted by atomic mass is 10.1. The Bertz CT molecular complexity index is 386. The second kappa shape index (κ2) is 5.68. The summed E-state index contributed by atoms with van der Waals surface area (Å²) in [5.41, 5.74) is 0.804. The highest BCUT2D eigenvalue weighted by Crippen LogP contribution is 2.18. The summed E-state index contributed by atoms with van der Waals surface area (Å²) in [4.78, 5) is 17.1. The molecule has 1 amide bonds. The Balaban J connectivity index is 1.85. The van der Waals surface area contributed by atoms with E-state index in [0.717, 1.165) is 18.4 Å². The molecule has 1 saturated heterocycles. The fourth-order valence-electron chi connectivity index (χ4n) is 1.88. The Morgan fingerprint density at radius 3 is 2.88 bits per heavy atom. The number of phenols is 1. The van der Waals surface area contributed by atoms with Crippen LogP contribution in [-0.2, 0) is 16.1 Å². The maximum atomic E-state index is 11.8. The third-order valence-corrected chi connectivity index (χ3v) is 2.88. The number of aromatic hydroxyl groups is 1. The number of amides is 1. The monoisotopic (exact) mass is 235 g/mol. The van der Waals surface area contributed by atoms with Crippen molar-refractivity contribution in [2.24, 2.45) is 0 Å². The number of carbonyl (C=O) groups excluding carboxylic acids is 1. The number of hydroxylamine groups is 2. The molecular formula is C13H17NO3. The molecule has 1 aromatic rings. The van der Waals surface area contributed by atoms with Crippen molar-refractivity contribution in [2.75, 3.05) is 13.2 Å². The summed E-state index contributed by atoms with van der Waals surface area (Å²) in [5.74, 6) is 0.243. The summed E-state index contributed by atoms with van der Waals surface area (Å²) in [5, 5.41) is 11.0. The Morgan fingerprint density at radius 1 is 1.35 bits per heavy atom. The van der Waals surface area contributed by atoms with Gasteiger partial charge in [0.15, 0.2) is 0 Å². The van der Waals surface area contributed by atoms with Gasteiger partial charge < -0.3 is 5.11 Å². The van der Waals surface area contributed by atoms with Crippen LogP contribution in [0, 0.1) is 0 Å². The van der Waals surface area contributed by atoms with Gasteiger partial charge in [-0.2, -0.15) is 0 Å². The fraction of sp³-hybridized carbons (Fsp3) is 0.462. The van der Waals surface area contributed by atoms with Gasteiger partial charge in [-0.3, -0.25) is 9.63 Å². The molecule has 0 aliphatic carbocycles. The number of hydrogen-bond donors (Lipinski definition) is 1. The highest BCUT2D eigenvalue weighted by molar-refractivity contribution is 5.75. The van der Waals surface area contributed by atoms with E-state index in [4.69, 9.17) is 4.84 Å². The first-order valence-electron chi connectivity index (χ1n) is 5.97. The van der Waals surface area contributed by atoms with Crippen molar-refractivity contribution in [3.63, 3.8) is 0 Å². The SMILES string of the molecule is O=C(CCc1ccccc1O)N1CCCCO1. The van der Waals surface area contributed by atoms with Gasteiger partial charge in [-0.1, -0.05) is 18.2 Å². The minimum Gasteiger partial charge on any atom is -0.508 e. The molecule has 0 aromatic heterocycles. The van der Waals surface area contributed by atoms with Gasteiger partial charge in [0.2, 0.25) is 5.91 Å². The highest BCUT2D eigenvalue weighted by atomic mass is 16.7. The first kappa shape index (κ1) is 11.9. The van der Waals surface area contributed by atoms with Crippen LogP contribution in [0.3, 0.4) is 0 Å². The molecule has 0 bridgehead atoms. The number of phenolic OH excluding ortho intramolecular Hbond substituents is 1. The molecule has 2 rings (SSSR count). The van der Waals surface area contributed by atoms with Crippen LogP contribution < -0.4 is 0 Å². The summed E-state index contributed by atoms with van der Waals surface area (Å²) in [7, 11) is 0. The van der Waals surface area contributed by atoms with E-state index in [2.05, 4.69) is 0 Å². The van der Waals surface area contributed by atoms with Gasteiger partial charge in [0.25, 0.3) is 0 Å².